The monoisotopic (exact) mass is 167 g/mol. The van der Waals surface area contributed by atoms with Gasteiger partial charge in [-0.1, -0.05) is 12.1 Å². The molecule has 0 aliphatic heterocycles. The molecular formula is C9H13NO2. The number of nitrogens with one attached hydrogen (secondary N) is 1. The van der Waals surface area contributed by atoms with Gasteiger partial charge in [0.1, 0.15) is 5.75 Å². The van der Waals surface area contributed by atoms with Gasteiger partial charge in [-0.2, -0.15) is 0 Å². The second-order valence-electron chi connectivity index (χ2n) is 2.45. The van der Waals surface area contributed by atoms with Gasteiger partial charge in [0, 0.05) is 6.54 Å². The van der Waals surface area contributed by atoms with Crippen LogP contribution in [0.4, 0.5) is 0 Å². The molecule has 0 spiro atoms. The minimum Gasteiger partial charge on any atom is -0.468 e. The van der Waals surface area contributed by atoms with E-state index in [0.717, 1.165) is 6.54 Å². The molecule has 3 nitrogen and oxygen atoms in total. The molecule has 12 heavy (non-hydrogen) atoms. The third-order valence-corrected chi connectivity index (χ3v) is 1.54. The highest BCUT2D eigenvalue weighted by Gasteiger charge is 1.92. The smallest absolute Gasteiger partial charge is 0.186 e. The quantitative estimate of drug-likeness (QED) is 0.650. The summed E-state index contributed by atoms with van der Waals surface area (Å²) in [6, 6.07) is 7.59. The first-order chi connectivity index (χ1) is 5.86. The number of ether oxygens (including phenoxy) is 1. The molecule has 3 heteroatoms. The topological polar surface area (TPSA) is 41.5 Å². The van der Waals surface area contributed by atoms with E-state index >= 15 is 0 Å². The Kier molecular flexibility index (Phi) is 3.57. The summed E-state index contributed by atoms with van der Waals surface area (Å²) in [4.78, 5) is 0. The van der Waals surface area contributed by atoms with Crippen LogP contribution in [-0.2, 0) is 6.54 Å². The average Bonchev–Trinajstić information content (AvgIpc) is 2.09. The highest BCUT2D eigenvalue weighted by molar-refractivity contribution is 5.26. The molecule has 0 atom stereocenters. The minimum absolute atomic E-state index is 0.272. The second-order valence-corrected chi connectivity index (χ2v) is 2.45. The van der Waals surface area contributed by atoms with Crippen molar-refractivity contribution in [3.05, 3.63) is 29.8 Å². The van der Waals surface area contributed by atoms with Crippen molar-refractivity contribution in [2.75, 3.05) is 13.8 Å². The number of aliphatic hydroxyl groups is 1. The van der Waals surface area contributed by atoms with Gasteiger partial charge in [0.05, 0.1) is 0 Å². The molecular weight excluding hydrogens is 154 g/mol. The summed E-state index contributed by atoms with van der Waals surface area (Å²) in [6.45, 7) is 0.574. The largest absolute Gasteiger partial charge is 0.468 e. The van der Waals surface area contributed by atoms with Crippen LogP contribution < -0.4 is 10.1 Å². The third kappa shape index (κ3) is 2.53. The fraction of sp³-hybridized carbons (Fsp3) is 0.333. The number of aliphatic hydroxyl groups excluding tert-OH is 1. The number of rotatable bonds is 4. The summed E-state index contributed by atoms with van der Waals surface area (Å²) >= 11 is 0. The lowest BCUT2D eigenvalue weighted by molar-refractivity contribution is 0.0985. The van der Waals surface area contributed by atoms with Gasteiger partial charge < -0.3 is 15.2 Å². The van der Waals surface area contributed by atoms with Crippen LogP contribution in [0.3, 0.4) is 0 Å². The molecule has 0 amide bonds. The van der Waals surface area contributed by atoms with Gasteiger partial charge in [-0.15, -0.1) is 0 Å². The van der Waals surface area contributed by atoms with E-state index in [1.807, 2.05) is 31.3 Å². The molecule has 66 valence electrons. The molecule has 0 aliphatic carbocycles. The zero-order valence-corrected chi connectivity index (χ0v) is 7.08. The van der Waals surface area contributed by atoms with Crippen LogP contribution in [0.2, 0.25) is 0 Å². The van der Waals surface area contributed by atoms with Gasteiger partial charge >= 0.3 is 0 Å². The predicted octanol–water partition coefficient (Wildman–Crippen LogP) is 0.735. The maximum Gasteiger partial charge on any atom is 0.186 e. The fourth-order valence-electron chi connectivity index (χ4n) is 0.982. The summed E-state index contributed by atoms with van der Waals surface area (Å²) in [5.41, 5.74) is 1.20. The van der Waals surface area contributed by atoms with Crippen LogP contribution in [0.15, 0.2) is 24.3 Å². The first kappa shape index (κ1) is 9.03. The highest BCUT2D eigenvalue weighted by Crippen LogP contribution is 2.11. The standard InChI is InChI=1S/C9H13NO2/c1-10-6-8-2-4-9(5-3-8)12-7-11/h2-5,10-11H,6-7H2,1H3. The van der Waals surface area contributed by atoms with Gasteiger partial charge in [-0.25, -0.2) is 0 Å². The molecule has 0 fully saturated rings. The lowest BCUT2D eigenvalue weighted by Crippen LogP contribution is -2.04. The average molecular weight is 167 g/mol. The maximum absolute atomic E-state index is 8.46. The third-order valence-electron chi connectivity index (χ3n) is 1.54. The van der Waals surface area contributed by atoms with E-state index in [2.05, 4.69) is 5.32 Å². The zero-order valence-electron chi connectivity index (χ0n) is 7.08. The van der Waals surface area contributed by atoms with Gasteiger partial charge in [-0.05, 0) is 24.7 Å². The molecule has 1 aromatic rings. The second kappa shape index (κ2) is 4.74. The Labute approximate surface area is 72.0 Å². The first-order valence-corrected chi connectivity index (χ1v) is 3.84. The fourth-order valence-corrected chi connectivity index (χ4v) is 0.982. The van der Waals surface area contributed by atoms with Crippen molar-refractivity contribution in [3.63, 3.8) is 0 Å². The molecule has 0 unspecified atom stereocenters. The van der Waals surface area contributed by atoms with Crippen molar-refractivity contribution in [1.82, 2.24) is 5.32 Å². The molecule has 0 aromatic heterocycles. The number of hydrogen-bond acceptors (Lipinski definition) is 3. The van der Waals surface area contributed by atoms with E-state index in [4.69, 9.17) is 9.84 Å². The molecule has 0 bridgehead atoms. The molecule has 2 N–H and O–H groups in total. The van der Waals surface area contributed by atoms with Crippen LogP contribution in [0.5, 0.6) is 5.75 Å². The van der Waals surface area contributed by atoms with E-state index in [1.165, 1.54) is 5.56 Å². The van der Waals surface area contributed by atoms with Crippen LogP contribution in [-0.4, -0.2) is 18.9 Å². The summed E-state index contributed by atoms with van der Waals surface area (Å²) < 4.78 is 4.87. The normalized spacial score (nSPS) is 9.83. The van der Waals surface area contributed by atoms with Crippen molar-refractivity contribution in [2.45, 2.75) is 6.54 Å². The van der Waals surface area contributed by atoms with E-state index in [1.54, 1.807) is 0 Å². The lowest BCUT2D eigenvalue weighted by atomic mass is 10.2. The summed E-state index contributed by atoms with van der Waals surface area (Å²) in [5, 5.41) is 11.5. The molecule has 0 aliphatic rings. The van der Waals surface area contributed by atoms with Crippen molar-refractivity contribution < 1.29 is 9.84 Å². The lowest BCUT2D eigenvalue weighted by Gasteiger charge is -2.03. The van der Waals surface area contributed by atoms with Gasteiger partial charge in [0.25, 0.3) is 0 Å². The first-order valence-electron chi connectivity index (χ1n) is 3.84. The maximum atomic E-state index is 8.46. The predicted molar refractivity (Wildman–Crippen MR) is 46.9 cm³/mol. The summed E-state index contributed by atoms with van der Waals surface area (Å²) in [6.07, 6.45) is 0. The van der Waals surface area contributed by atoms with Crippen LogP contribution >= 0.6 is 0 Å². The van der Waals surface area contributed by atoms with Gasteiger partial charge in [0.2, 0.25) is 0 Å². The Balaban J connectivity index is 2.58. The molecule has 0 heterocycles. The van der Waals surface area contributed by atoms with Gasteiger partial charge in [0.15, 0.2) is 6.79 Å². The van der Waals surface area contributed by atoms with E-state index in [0.29, 0.717) is 5.75 Å². The summed E-state index contributed by atoms with van der Waals surface area (Å²) in [5.74, 6) is 0.692. The Hall–Kier alpha value is -1.06. The highest BCUT2D eigenvalue weighted by atomic mass is 16.6. The van der Waals surface area contributed by atoms with Gasteiger partial charge in [-0.3, -0.25) is 0 Å². The SMILES string of the molecule is CNCc1ccc(OCO)cc1. The van der Waals surface area contributed by atoms with E-state index in [-0.39, 0.29) is 6.79 Å². The van der Waals surface area contributed by atoms with E-state index in [9.17, 15) is 0 Å². The number of benzene rings is 1. The van der Waals surface area contributed by atoms with Crippen molar-refractivity contribution in [3.8, 4) is 5.75 Å². The van der Waals surface area contributed by atoms with E-state index < -0.39 is 0 Å². The Morgan fingerprint density at radius 2 is 2.00 bits per heavy atom. The number of hydrogen-bond donors (Lipinski definition) is 2. The molecule has 1 aromatic carbocycles. The summed E-state index contributed by atoms with van der Waals surface area (Å²) in [7, 11) is 1.90. The Morgan fingerprint density at radius 3 is 2.50 bits per heavy atom. The van der Waals surface area contributed by atoms with Crippen LogP contribution in [0.1, 0.15) is 5.56 Å². The van der Waals surface area contributed by atoms with Crippen LogP contribution in [0, 0.1) is 0 Å². The Bertz CT molecular complexity index is 195. The van der Waals surface area contributed by atoms with Crippen LogP contribution in [0.25, 0.3) is 0 Å². The minimum atomic E-state index is -0.272. The van der Waals surface area contributed by atoms with Crippen molar-refractivity contribution in [2.24, 2.45) is 0 Å². The Morgan fingerprint density at radius 1 is 1.33 bits per heavy atom. The molecule has 0 radical (unpaired) electrons. The molecule has 0 saturated carbocycles. The molecule has 0 saturated heterocycles. The van der Waals surface area contributed by atoms with Crippen molar-refractivity contribution in [1.29, 1.82) is 0 Å². The molecule has 1 rings (SSSR count). The van der Waals surface area contributed by atoms with Crippen molar-refractivity contribution >= 4 is 0 Å². The zero-order chi connectivity index (χ0) is 8.81.